The van der Waals surface area contributed by atoms with Crippen molar-refractivity contribution >= 4 is 72.3 Å². The molecule has 2 saturated carbocycles. The molecule has 3 aliphatic rings. The molecule has 9 rings (SSSR count). The van der Waals surface area contributed by atoms with Gasteiger partial charge in [0.1, 0.15) is 11.6 Å². The molecule has 4 aromatic heterocycles. The third kappa shape index (κ3) is 21.2. The van der Waals surface area contributed by atoms with Gasteiger partial charge >= 0.3 is 6.08 Å². The molecule has 0 unspecified atom stereocenters. The zero-order valence-electron chi connectivity index (χ0n) is 45.9. The second kappa shape index (κ2) is 34.6. The third-order valence-corrected chi connectivity index (χ3v) is 12.9. The number of hydrogen-bond donors (Lipinski definition) is 4. The van der Waals surface area contributed by atoms with Gasteiger partial charge < -0.3 is 58.8 Å². The topological polar surface area (TPSA) is 191 Å². The van der Waals surface area contributed by atoms with Crippen LogP contribution in [0.1, 0.15) is 111 Å². The Kier molecular flexibility index (Phi) is 29.2. The van der Waals surface area contributed by atoms with Gasteiger partial charge in [0.2, 0.25) is 5.28 Å². The van der Waals surface area contributed by atoms with Crippen LogP contribution in [0.2, 0.25) is 5.28 Å². The first-order chi connectivity index (χ1) is 36.0. The highest BCUT2D eigenvalue weighted by Crippen LogP contribution is 2.38. The molecular weight excluding hydrogens is 1030 g/mol. The number of fused-ring (bicyclic) bond motifs is 2. The molecule has 76 heavy (non-hydrogen) atoms. The number of nitrogens with one attached hydrogen (secondary N) is 4. The van der Waals surface area contributed by atoms with Gasteiger partial charge in [-0.25, -0.2) is 24.9 Å². The van der Waals surface area contributed by atoms with Crippen molar-refractivity contribution in [2.45, 2.75) is 105 Å². The van der Waals surface area contributed by atoms with Crippen molar-refractivity contribution in [3.05, 3.63) is 94.1 Å². The van der Waals surface area contributed by atoms with Crippen molar-refractivity contribution in [2.24, 2.45) is 0 Å². The standard InChI is InChI=1S/C18H20ClN5.C18H20FN5.C12H26N2O4.C6H14O2.2H2S/c2*1-10-11(2)22-18(19)23-17(10)21-12(3)13-4-7-16-15(8-13)20-9-24(16)14-5-6-14;1-5-15-9-10-17-7-3-14-4-8-18-12-11-16-6-2-13-1;1-3-7-5-6-8-4-2;;/h2*4,7-9,12,14H,5-6H2,1-3H3,(H,21,22,23);13-14H,1-12H2;3-6H2,1-2H3;2*1H2/t2*12-;;;;/m00..../s1. The zero-order chi connectivity index (χ0) is 52.7. The molecule has 2 aliphatic carbocycles. The van der Waals surface area contributed by atoms with Gasteiger partial charge in [0.25, 0.3) is 0 Å². The molecule has 5 heterocycles. The lowest BCUT2D eigenvalue weighted by Gasteiger charge is -2.17. The minimum absolute atomic E-state index is 0. The molecule has 6 aromatic rings. The molecule has 3 fully saturated rings. The molecule has 1 aliphatic heterocycles. The van der Waals surface area contributed by atoms with Crippen molar-refractivity contribution < 1.29 is 32.8 Å². The van der Waals surface area contributed by atoms with Crippen LogP contribution < -0.4 is 21.3 Å². The number of aromatic nitrogens is 8. The number of nitrogens with zero attached hydrogens (tertiary/aromatic N) is 8. The summed E-state index contributed by atoms with van der Waals surface area (Å²) in [5, 5.41) is 13.5. The minimum Gasteiger partial charge on any atom is -0.379 e. The average molecular weight is 1120 g/mol. The third-order valence-electron chi connectivity index (χ3n) is 12.7. The van der Waals surface area contributed by atoms with Crippen molar-refractivity contribution in [3.63, 3.8) is 0 Å². The highest BCUT2D eigenvalue weighted by Gasteiger charge is 2.26. The van der Waals surface area contributed by atoms with Gasteiger partial charge in [0, 0.05) is 74.0 Å². The molecule has 2 atom stereocenters. The van der Waals surface area contributed by atoms with E-state index in [4.69, 9.17) is 40.0 Å². The summed E-state index contributed by atoms with van der Waals surface area (Å²) in [6.07, 6.45) is 8.19. The summed E-state index contributed by atoms with van der Waals surface area (Å²) < 4.78 is 49.7. The number of ether oxygens (including phenoxy) is 6. The molecule has 0 bridgehead atoms. The van der Waals surface area contributed by atoms with Gasteiger partial charge in [-0.1, -0.05) is 12.1 Å². The van der Waals surface area contributed by atoms with Crippen LogP contribution in [-0.4, -0.2) is 144 Å². The molecule has 0 radical (unpaired) electrons. The van der Waals surface area contributed by atoms with Crippen LogP contribution in [0.4, 0.5) is 16.0 Å². The van der Waals surface area contributed by atoms with E-state index in [0.717, 1.165) is 91.8 Å². The fourth-order valence-electron chi connectivity index (χ4n) is 7.85. The van der Waals surface area contributed by atoms with E-state index < -0.39 is 6.08 Å². The number of hydrogen-bond acceptors (Lipinski definition) is 16. The van der Waals surface area contributed by atoms with Crippen LogP contribution in [0.3, 0.4) is 0 Å². The van der Waals surface area contributed by atoms with Crippen molar-refractivity contribution in [3.8, 4) is 0 Å². The number of halogens is 2. The summed E-state index contributed by atoms with van der Waals surface area (Å²) in [6, 6.07) is 14.1. The Hall–Kier alpha value is -4.26. The highest BCUT2D eigenvalue weighted by atomic mass is 35.5. The zero-order valence-corrected chi connectivity index (χ0v) is 48.6. The highest BCUT2D eigenvalue weighted by molar-refractivity contribution is 7.59. The summed E-state index contributed by atoms with van der Waals surface area (Å²) in [5.41, 5.74) is 10.1. The quantitative estimate of drug-likeness (QED) is 0.0632. The number of rotatable bonds is 13. The summed E-state index contributed by atoms with van der Waals surface area (Å²) in [6.45, 7) is 27.6. The molecule has 0 amide bonds. The van der Waals surface area contributed by atoms with Gasteiger partial charge in [0.05, 0.1) is 113 Å². The fourth-order valence-corrected chi connectivity index (χ4v) is 8.06. The van der Waals surface area contributed by atoms with E-state index in [2.05, 4.69) is 104 Å². The van der Waals surface area contributed by atoms with Crippen molar-refractivity contribution in [2.75, 3.05) is 116 Å². The Bertz CT molecular complexity index is 2380. The summed E-state index contributed by atoms with van der Waals surface area (Å²) in [4.78, 5) is 25.2. The number of anilines is 2. The fraction of sp³-hybridized carbons (Fsp3) is 0.593. The maximum atomic E-state index is 13.5. The van der Waals surface area contributed by atoms with Gasteiger partial charge in [0.15, 0.2) is 0 Å². The monoisotopic (exact) mass is 1110 g/mol. The van der Waals surface area contributed by atoms with E-state index in [1.807, 2.05) is 54.2 Å². The van der Waals surface area contributed by atoms with Crippen molar-refractivity contribution in [1.29, 1.82) is 0 Å². The van der Waals surface area contributed by atoms with Gasteiger partial charge in [-0.05, 0) is 128 Å². The van der Waals surface area contributed by atoms with Crippen LogP contribution >= 0.6 is 38.6 Å². The van der Waals surface area contributed by atoms with Gasteiger partial charge in [-0.15, -0.1) is 0 Å². The van der Waals surface area contributed by atoms with Crippen LogP contribution in [0.15, 0.2) is 49.1 Å². The Morgan fingerprint density at radius 1 is 0.605 bits per heavy atom. The number of aryl methyl sites for hydroxylation is 2. The Labute approximate surface area is 468 Å². The van der Waals surface area contributed by atoms with Crippen LogP contribution in [-0.2, 0) is 28.4 Å². The summed E-state index contributed by atoms with van der Waals surface area (Å²) in [7, 11) is 0. The summed E-state index contributed by atoms with van der Waals surface area (Å²) >= 11 is 5.99. The maximum Gasteiger partial charge on any atom is 0.310 e. The van der Waals surface area contributed by atoms with Crippen LogP contribution in [0, 0.1) is 33.8 Å². The van der Waals surface area contributed by atoms with E-state index in [0.29, 0.717) is 76.5 Å². The average Bonchev–Trinajstić information content (AvgIpc) is 4.34. The molecule has 2 aromatic carbocycles. The molecule has 4 N–H and O–H groups in total. The smallest absolute Gasteiger partial charge is 0.310 e. The second-order valence-electron chi connectivity index (χ2n) is 18.4. The van der Waals surface area contributed by atoms with E-state index >= 15 is 0 Å². The van der Waals surface area contributed by atoms with Crippen LogP contribution in [0.25, 0.3) is 22.1 Å². The maximum absolute atomic E-state index is 13.5. The first-order valence-electron chi connectivity index (χ1n) is 26.3. The SMILES string of the molecule is C1COCCOCCNCCOCCOCCN1.CCOCCOCC.Cc1nc(Cl)nc(N[C@@H](C)c2ccc3c(c2)ncn3C2CC2)c1C.Cc1nc(F)nc(N[C@@H](C)c2ccc3c(c2)ncn3C2CC2)c1C.S.S. The predicted molar refractivity (Wildman–Crippen MR) is 311 cm³/mol. The molecular formula is C54H84ClFN12O6S2. The van der Waals surface area contributed by atoms with E-state index in [1.165, 1.54) is 42.3 Å². The molecule has 0 spiro atoms. The van der Waals surface area contributed by atoms with Crippen molar-refractivity contribution in [1.82, 2.24) is 49.7 Å². The lowest BCUT2D eigenvalue weighted by Crippen LogP contribution is -2.27. The van der Waals surface area contributed by atoms with Gasteiger partial charge in [-0.3, -0.25) is 0 Å². The Morgan fingerprint density at radius 2 is 1.00 bits per heavy atom. The Morgan fingerprint density at radius 3 is 1.39 bits per heavy atom. The van der Waals surface area contributed by atoms with E-state index in [1.54, 1.807) is 6.92 Å². The van der Waals surface area contributed by atoms with E-state index in [-0.39, 0.29) is 44.4 Å². The van der Waals surface area contributed by atoms with E-state index in [9.17, 15) is 4.39 Å². The number of imidazole rings is 2. The molecule has 422 valence electrons. The molecule has 1 saturated heterocycles. The lowest BCUT2D eigenvalue weighted by molar-refractivity contribution is 0.0383. The predicted octanol–water partition coefficient (Wildman–Crippen LogP) is 9.23. The first kappa shape index (κ1) is 64.3. The minimum atomic E-state index is -0.702. The first-order valence-corrected chi connectivity index (χ1v) is 26.7. The summed E-state index contributed by atoms with van der Waals surface area (Å²) in [5.74, 6) is 1.32. The van der Waals surface area contributed by atoms with Crippen LogP contribution in [0.5, 0.6) is 0 Å². The number of benzene rings is 2. The molecule has 18 nitrogen and oxygen atoms in total. The van der Waals surface area contributed by atoms with Gasteiger partial charge in [-0.2, -0.15) is 36.4 Å². The second-order valence-corrected chi connectivity index (χ2v) is 18.8. The normalized spacial score (nSPS) is 16.6. The Balaban J connectivity index is 0.000000229. The largest absolute Gasteiger partial charge is 0.379 e. The lowest BCUT2D eigenvalue weighted by atomic mass is 10.1. The molecule has 22 heteroatoms.